The second-order valence-electron chi connectivity index (χ2n) is 8.00. The number of Topliss-reactive ketones (excluding diaryl/α,β-unsaturated/α-hetero) is 1. The Labute approximate surface area is 178 Å². The molecular weight excluding hydrogens is 388 g/mol. The van der Waals surface area contributed by atoms with Gasteiger partial charge in [-0.05, 0) is 37.5 Å². The van der Waals surface area contributed by atoms with Crippen LogP contribution < -0.4 is 9.47 Å². The van der Waals surface area contributed by atoms with Gasteiger partial charge < -0.3 is 24.2 Å². The van der Waals surface area contributed by atoms with E-state index in [2.05, 4.69) is 4.90 Å². The predicted octanol–water partition coefficient (Wildman–Crippen LogP) is 2.44. The summed E-state index contributed by atoms with van der Waals surface area (Å²) in [5, 5.41) is 10.4. The Morgan fingerprint density at radius 2 is 1.87 bits per heavy atom. The average Bonchev–Trinajstić information content (AvgIpc) is 2.95. The van der Waals surface area contributed by atoms with E-state index in [0.29, 0.717) is 55.8 Å². The van der Waals surface area contributed by atoms with Crippen molar-refractivity contribution in [3.05, 3.63) is 23.8 Å². The Hall–Kier alpha value is -2.32. The van der Waals surface area contributed by atoms with Crippen LogP contribution >= 0.6 is 0 Å². The summed E-state index contributed by atoms with van der Waals surface area (Å²) in [6.07, 6.45) is -0.137. The van der Waals surface area contributed by atoms with Crippen LogP contribution in [0.4, 0.5) is 4.79 Å². The Balaban J connectivity index is 1.80. The van der Waals surface area contributed by atoms with Crippen molar-refractivity contribution >= 4 is 11.9 Å². The van der Waals surface area contributed by atoms with Gasteiger partial charge in [0.1, 0.15) is 12.7 Å². The zero-order chi connectivity index (χ0) is 22.1. The molecule has 0 bridgehead atoms. The molecule has 0 aromatic heterocycles. The monoisotopic (exact) mass is 422 g/mol. The fraction of sp³-hybridized carbons (Fsp3) is 0.636. The minimum atomic E-state index is -0.693. The fourth-order valence-corrected chi connectivity index (χ4v) is 3.21. The smallest absolute Gasteiger partial charge is 0.409 e. The number of ether oxygens (including phenoxy) is 3. The van der Waals surface area contributed by atoms with Crippen LogP contribution in [-0.2, 0) is 4.74 Å². The van der Waals surface area contributed by atoms with E-state index in [1.807, 2.05) is 13.8 Å². The normalized spacial score (nSPS) is 16.1. The first kappa shape index (κ1) is 24.0. The maximum absolute atomic E-state index is 12.2. The molecule has 1 N–H and O–H groups in total. The number of aliphatic hydroxyl groups is 1. The van der Waals surface area contributed by atoms with Gasteiger partial charge >= 0.3 is 6.09 Å². The molecule has 0 radical (unpaired) electrons. The molecular formula is C22H34N2O6. The van der Waals surface area contributed by atoms with Crippen molar-refractivity contribution in [3.63, 3.8) is 0 Å². The lowest BCUT2D eigenvalue weighted by molar-refractivity contribution is 0.0670. The zero-order valence-electron chi connectivity index (χ0n) is 18.4. The molecule has 1 aliphatic rings. The topological polar surface area (TPSA) is 88.5 Å². The van der Waals surface area contributed by atoms with Gasteiger partial charge in [-0.2, -0.15) is 0 Å². The predicted molar refractivity (Wildman–Crippen MR) is 113 cm³/mol. The maximum Gasteiger partial charge on any atom is 0.409 e. The number of methoxy groups -OCH3 is 1. The van der Waals surface area contributed by atoms with Crippen LogP contribution in [0, 0.1) is 5.92 Å². The van der Waals surface area contributed by atoms with Gasteiger partial charge in [-0.3, -0.25) is 9.69 Å². The van der Waals surface area contributed by atoms with Crippen LogP contribution in [0.15, 0.2) is 18.2 Å². The molecule has 0 spiro atoms. The van der Waals surface area contributed by atoms with Gasteiger partial charge in [0.15, 0.2) is 17.3 Å². The number of carbonyl (C=O) groups excluding carboxylic acids is 2. The largest absolute Gasteiger partial charge is 0.493 e. The van der Waals surface area contributed by atoms with E-state index in [1.165, 1.54) is 14.0 Å². The molecule has 2 rings (SSSR count). The van der Waals surface area contributed by atoms with Crippen molar-refractivity contribution in [3.8, 4) is 11.5 Å². The standard InChI is InChI=1S/C22H34N2O6/c1-16(2)14-30-22(27)24-9-5-8-23(10-11-24)13-19(26)15-29-20-7-6-18(17(3)25)12-21(20)28-4/h6-7,12,16,19,26H,5,8-11,13-15H2,1-4H3. The van der Waals surface area contributed by atoms with Gasteiger partial charge in [0.05, 0.1) is 13.7 Å². The van der Waals surface area contributed by atoms with Crippen molar-refractivity contribution in [2.75, 3.05) is 53.0 Å². The van der Waals surface area contributed by atoms with E-state index >= 15 is 0 Å². The summed E-state index contributed by atoms with van der Waals surface area (Å²) in [6.45, 7) is 9.17. The lowest BCUT2D eigenvalue weighted by Gasteiger charge is -2.24. The highest BCUT2D eigenvalue weighted by Crippen LogP contribution is 2.28. The molecule has 8 nitrogen and oxygen atoms in total. The van der Waals surface area contributed by atoms with Gasteiger partial charge in [-0.1, -0.05) is 13.8 Å². The number of nitrogens with zero attached hydrogens (tertiary/aromatic N) is 2. The van der Waals surface area contributed by atoms with E-state index in [-0.39, 0.29) is 18.5 Å². The van der Waals surface area contributed by atoms with Crippen LogP contribution in [0.1, 0.15) is 37.6 Å². The first-order valence-corrected chi connectivity index (χ1v) is 10.4. The number of β-amino-alcohol motifs (C(OH)–C–C–N with tert-alkyl or cyclic N) is 1. The number of amides is 1. The van der Waals surface area contributed by atoms with Crippen LogP contribution in [0.5, 0.6) is 11.5 Å². The van der Waals surface area contributed by atoms with E-state index in [4.69, 9.17) is 14.2 Å². The molecule has 1 atom stereocenters. The molecule has 1 fully saturated rings. The lowest BCUT2D eigenvalue weighted by atomic mass is 10.1. The quantitative estimate of drug-likeness (QED) is 0.612. The van der Waals surface area contributed by atoms with E-state index in [1.54, 1.807) is 23.1 Å². The summed E-state index contributed by atoms with van der Waals surface area (Å²) >= 11 is 0. The van der Waals surface area contributed by atoms with Gasteiger partial charge in [-0.25, -0.2) is 4.79 Å². The number of rotatable bonds is 9. The molecule has 1 aromatic rings. The highest BCUT2D eigenvalue weighted by Gasteiger charge is 2.22. The molecule has 1 saturated heterocycles. The SMILES string of the molecule is COc1cc(C(C)=O)ccc1OCC(O)CN1CCCN(C(=O)OCC(C)C)CC1. The molecule has 168 valence electrons. The fourth-order valence-electron chi connectivity index (χ4n) is 3.21. The Bertz CT molecular complexity index is 709. The summed E-state index contributed by atoms with van der Waals surface area (Å²) in [6, 6.07) is 4.98. The highest BCUT2D eigenvalue weighted by atomic mass is 16.6. The van der Waals surface area contributed by atoms with Crippen molar-refractivity contribution in [2.24, 2.45) is 5.92 Å². The number of ketones is 1. The van der Waals surface area contributed by atoms with Crippen molar-refractivity contribution < 1.29 is 28.9 Å². The van der Waals surface area contributed by atoms with Crippen molar-refractivity contribution in [1.82, 2.24) is 9.80 Å². The van der Waals surface area contributed by atoms with Crippen LogP contribution in [0.2, 0.25) is 0 Å². The van der Waals surface area contributed by atoms with Crippen LogP contribution in [-0.4, -0.2) is 85.9 Å². The minimum absolute atomic E-state index is 0.0526. The average molecular weight is 423 g/mol. The van der Waals surface area contributed by atoms with Crippen molar-refractivity contribution in [2.45, 2.75) is 33.3 Å². The third-order valence-corrected chi connectivity index (χ3v) is 4.86. The number of hydrogen-bond donors (Lipinski definition) is 1. The molecule has 0 aliphatic carbocycles. The second-order valence-corrected chi connectivity index (χ2v) is 8.00. The molecule has 1 unspecified atom stereocenters. The van der Waals surface area contributed by atoms with E-state index < -0.39 is 6.10 Å². The zero-order valence-corrected chi connectivity index (χ0v) is 18.4. The van der Waals surface area contributed by atoms with Gasteiger partial charge in [0, 0.05) is 38.3 Å². The summed E-state index contributed by atoms with van der Waals surface area (Å²) in [5.74, 6) is 1.20. The Morgan fingerprint density at radius 3 is 2.53 bits per heavy atom. The maximum atomic E-state index is 12.2. The lowest BCUT2D eigenvalue weighted by Crippen LogP contribution is -2.39. The summed E-state index contributed by atoms with van der Waals surface area (Å²) in [7, 11) is 1.51. The summed E-state index contributed by atoms with van der Waals surface area (Å²) < 4.78 is 16.3. The third-order valence-electron chi connectivity index (χ3n) is 4.86. The minimum Gasteiger partial charge on any atom is -0.493 e. The molecule has 1 aromatic carbocycles. The first-order valence-electron chi connectivity index (χ1n) is 10.4. The van der Waals surface area contributed by atoms with Crippen molar-refractivity contribution in [1.29, 1.82) is 0 Å². The number of carbonyl (C=O) groups is 2. The van der Waals surface area contributed by atoms with Crippen LogP contribution in [0.3, 0.4) is 0 Å². The number of aliphatic hydroxyl groups excluding tert-OH is 1. The van der Waals surface area contributed by atoms with Gasteiger partial charge in [-0.15, -0.1) is 0 Å². The molecule has 1 amide bonds. The summed E-state index contributed by atoms with van der Waals surface area (Å²) in [4.78, 5) is 27.5. The molecule has 1 heterocycles. The molecule has 8 heteroatoms. The second kappa shape index (κ2) is 11.8. The van der Waals surface area contributed by atoms with E-state index in [0.717, 1.165) is 13.0 Å². The number of hydrogen-bond acceptors (Lipinski definition) is 7. The summed E-state index contributed by atoms with van der Waals surface area (Å²) in [5.41, 5.74) is 0.542. The molecule has 1 aliphatic heterocycles. The number of benzene rings is 1. The van der Waals surface area contributed by atoms with E-state index in [9.17, 15) is 14.7 Å². The Morgan fingerprint density at radius 1 is 1.10 bits per heavy atom. The highest BCUT2D eigenvalue weighted by molar-refractivity contribution is 5.94. The van der Waals surface area contributed by atoms with Gasteiger partial charge in [0.2, 0.25) is 0 Å². The first-order chi connectivity index (χ1) is 14.3. The molecule has 30 heavy (non-hydrogen) atoms. The molecule has 0 saturated carbocycles. The third kappa shape index (κ3) is 7.50. The Kier molecular flexibility index (Phi) is 9.39. The van der Waals surface area contributed by atoms with Crippen LogP contribution in [0.25, 0.3) is 0 Å². The van der Waals surface area contributed by atoms with Gasteiger partial charge in [0.25, 0.3) is 0 Å².